The van der Waals surface area contributed by atoms with E-state index in [0.29, 0.717) is 13.2 Å². The highest BCUT2D eigenvalue weighted by Crippen LogP contribution is 2.58. The Hall–Kier alpha value is -4.64. The highest BCUT2D eigenvalue weighted by atomic mass is 16.6. The average molecular weight is 577 g/mol. The van der Waals surface area contributed by atoms with E-state index in [9.17, 15) is 0 Å². The fraction of sp³-hybridized carbons (Fsp3) is 0.200. The smallest absolute Gasteiger partial charge is 0.124 e. The SMILES string of the molecule is c1ccc2c(c1)Cc1ccccc1C2(c1c(OCC2CO2)ccc2ccccc12)c1c(OCC2CO2)ccc2ccccc12. The monoisotopic (exact) mass is 576 g/mol. The van der Waals surface area contributed by atoms with Gasteiger partial charge in [0.25, 0.3) is 0 Å². The van der Waals surface area contributed by atoms with Crippen molar-refractivity contribution < 1.29 is 18.9 Å². The summed E-state index contributed by atoms with van der Waals surface area (Å²) in [5, 5.41) is 4.67. The summed E-state index contributed by atoms with van der Waals surface area (Å²) in [4.78, 5) is 0. The lowest BCUT2D eigenvalue weighted by Crippen LogP contribution is -2.37. The molecule has 6 aromatic carbocycles. The third-order valence-corrected chi connectivity index (χ3v) is 9.41. The first-order valence-corrected chi connectivity index (χ1v) is 15.5. The predicted molar refractivity (Wildman–Crippen MR) is 173 cm³/mol. The summed E-state index contributed by atoms with van der Waals surface area (Å²) in [7, 11) is 0. The molecular weight excluding hydrogens is 544 g/mol. The zero-order valence-corrected chi connectivity index (χ0v) is 24.4. The number of hydrogen-bond acceptors (Lipinski definition) is 4. The lowest BCUT2D eigenvalue weighted by Gasteiger charge is -2.44. The van der Waals surface area contributed by atoms with Crippen LogP contribution in [0.3, 0.4) is 0 Å². The summed E-state index contributed by atoms with van der Waals surface area (Å²) in [6.45, 7) is 2.51. The minimum Gasteiger partial charge on any atom is -0.490 e. The average Bonchev–Trinajstić information content (AvgIpc) is 4.01. The molecule has 0 aromatic heterocycles. The molecule has 0 N–H and O–H groups in total. The van der Waals surface area contributed by atoms with E-state index in [4.69, 9.17) is 18.9 Å². The van der Waals surface area contributed by atoms with Gasteiger partial charge >= 0.3 is 0 Å². The molecule has 3 aliphatic rings. The molecule has 1 aliphatic carbocycles. The van der Waals surface area contributed by atoms with Crippen molar-refractivity contribution in [2.45, 2.75) is 24.0 Å². The third-order valence-electron chi connectivity index (χ3n) is 9.41. The largest absolute Gasteiger partial charge is 0.490 e. The highest BCUT2D eigenvalue weighted by molar-refractivity contribution is 5.97. The Kier molecular flexibility index (Phi) is 6.00. The van der Waals surface area contributed by atoms with Gasteiger partial charge in [-0.25, -0.2) is 0 Å². The lowest BCUT2D eigenvalue weighted by atomic mass is 9.58. The predicted octanol–water partition coefficient (Wildman–Crippen LogP) is 7.84. The van der Waals surface area contributed by atoms with Crippen LogP contribution in [0.2, 0.25) is 0 Å². The van der Waals surface area contributed by atoms with Crippen molar-refractivity contribution in [3.63, 3.8) is 0 Å². The molecule has 0 radical (unpaired) electrons. The van der Waals surface area contributed by atoms with Crippen molar-refractivity contribution in [1.29, 1.82) is 0 Å². The molecule has 44 heavy (non-hydrogen) atoms. The molecule has 2 heterocycles. The van der Waals surface area contributed by atoms with Gasteiger partial charge in [-0.2, -0.15) is 0 Å². The van der Waals surface area contributed by atoms with Crippen LogP contribution in [0.25, 0.3) is 21.5 Å². The molecular formula is C40H32O4. The van der Waals surface area contributed by atoms with Gasteiger partial charge in [-0.05, 0) is 62.4 Å². The quantitative estimate of drug-likeness (QED) is 0.173. The molecule has 2 unspecified atom stereocenters. The summed E-state index contributed by atoms with van der Waals surface area (Å²) in [6.07, 6.45) is 1.12. The second-order valence-electron chi connectivity index (χ2n) is 12.1. The number of ether oxygens (including phenoxy) is 4. The van der Waals surface area contributed by atoms with Crippen LogP contribution in [-0.4, -0.2) is 38.6 Å². The Bertz CT molecular complexity index is 1890. The van der Waals surface area contributed by atoms with E-state index in [0.717, 1.165) is 53.0 Å². The summed E-state index contributed by atoms with van der Waals surface area (Å²) < 4.78 is 24.8. The second kappa shape index (κ2) is 10.2. The minimum atomic E-state index is -0.743. The highest BCUT2D eigenvalue weighted by Gasteiger charge is 2.49. The maximum atomic E-state index is 6.77. The molecule has 0 spiro atoms. The molecule has 4 heteroatoms. The molecule has 0 bridgehead atoms. The van der Waals surface area contributed by atoms with E-state index in [1.807, 2.05) is 0 Å². The second-order valence-corrected chi connectivity index (χ2v) is 12.1. The molecule has 4 nitrogen and oxygen atoms in total. The molecule has 2 aliphatic heterocycles. The Morgan fingerprint density at radius 3 is 1.43 bits per heavy atom. The topological polar surface area (TPSA) is 43.5 Å². The van der Waals surface area contributed by atoms with Gasteiger partial charge < -0.3 is 18.9 Å². The van der Waals surface area contributed by atoms with Crippen molar-refractivity contribution >= 4 is 21.5 Å². The van der Waals surface area contributed by atoms with Crippen molar-refractivity contribution in [3.05, 3.63) is 155 Å². The van der Waals surface area contributed by atoms with Gasteiger partial charge in [-0.1, -0.05) is 109 Å². The molecule has 2 atom stereocenters. The van der Waals surface area contributed by atoms with E-state index in [2.05, 4.69) is 121 Å². The van der Waals surface area contributed by atoms with E-state index in [-0.39, 0.29) is 12.2 Å². The number of benzene rings is 6. The van der Waals surface area contributed by atoms with Gasteiger partial charge in [0.05, 0.1) is 18.6 Å². The number of epoxide rings is 2. The van der Waals surface area contributed by atoms with E-state index < -0.39 is 5.41 Å². The lowest BCUT2D eigenvalue weighted by molar-refractivity contribution is 0.256. The van der Waals surface area contributed by atoms with E-state index in [1.165, 1.54) is 33.0 Å². The Morgan fingerprint density at radius 2 is 0.955 bits per heavy atom. The number of hydrogen-bond donors (Lipinski definition) is 0. The molecule has 9 rings (SSSR count). The molecule has 2 fully saturated rings. The fourth-order valence-corrected chi connectivity index (χ4v) is 7.31. The van der Waals surface area contributed by atoms with Gasteiger partial charge in [-0.15, -0.1) is 0 Å². The first-order valence-electron chi connectivity index (χ1n) is 15.5. The van der Waals surface area contributed by atoms with Crippen molar-refractivity contribution in [2.75, 3.05) is 26.4 Å². The number of fused-ring (bicyclic) bond motifs is 4. The maximum absolute atomic E-state index is 6.77. The summed E-state index contributed by atoms with van der Waals surface area (Å²) in [5.41, 5.74) is 6.66. The van der Waals surface area contributed by atoms with Crippen LogP contribution in [0.4, 0.5) is 0 Å². The van der Waals surface area contributed by atoms with Crippen LogP contribution < -0.4 is 9.47 Å². The van der Waals surface area contributed by atoms with Crippen molar-refractivity contribution in [1.82, 2.24) is 0 Å². The molecule has 6 aromatic rings. The first kappa shape index (κ1) is 25.8. The minimum absolute atomic E-state index is 0.131. The van der Waals surface area contributed by atoms with Crippen molar-refractivity contribution in [3.8, 4) is 11.5 Å². The maximum Gasteiger partial charge on any atom is 0.124 e. The molecule has 0 amide bonds. The van der Waals surface area contributed by atoms with E-state index in [1.54, 1.807) is 0 Å². The number of rotatable bonds is 8. The zero-order chi connectivity index (χ0) is 29.1. The van der Waals surface area contributed by atoms with Gasteiger partial charge in [0, 0.05) is 11.1 Å². The summed E-state index contributed by atoms with van der Waals surface area (Å²) in [6, 6.07) is 43.9. The summed E-state index contributed by atoms with van der Waals surface area (Å²) in [5.74, 6) is 1.74. The van der Waals surface area contributed by atoms with Gasteiger partial charge in [0.15, 0.2) is 0 Å². The molecule has 2 saturated heterocycles. The van der Waals surface area contributed by atoms with Crippen LogP contribution in [0, 0.1) is 0 Å². The zero-order valence-electron chi connectivity index (χ0n) is 24.4. The van der Waals surface area contributed by atoms with Gasteiger partial charge in [-0.3, -0.25) is 0 Å². The molecule has 216 valence electrons. The van der Waals surface area contributed by atoms with Crippen LogP contribution in [-0.2, 0) is 21.3 Å². The van der Waals surface area contributed by atoms with E-state index >= 15 is 0 Å². The van der Waals surface area contributed by atoms with Gasteiger partial charge in [0.1, 0.15) is 36.9 Å². The standard InChI is InChI=1S/C40H32O4/c1-5-13-32-26(9-1)17-19-36(43-24-30-22-41-30)38(32)40(34-15-7-3-11-28(34)21-29-12-4-8-16-35(29)40)39-33-14-6-2-10-27(33)18-20-37(39)44-25-31-23-42-31/h1-20,30-31H,21-25H2. The molecule has 0 saturated carbocycles. The van der Waals surface area contributed by atoms with Crippen LogP contribution >= 0.6 is 0 Å². The normalized spacial score (nSPS) is 19.3. The van der Waals surface area contributed by atoms with Crippen molar-refractivity contribution in [2.24, 2.45) is 0 Å². The Morgan fingerprint density at radius 1 is 0.523 bits per heavy atom. The fourth-order valence-electron chi connectivity index (χ4n) is 7.31. The Labute approximate surface area is 256 Å². The Balaban J connectivity index is 1.48. The van der Waals surface area contributed by atoms with Gasteiger partial charge in [0.2, 0.25) is 0 Å². The van der Waals surface area contributed by atoms with Crippen LogP contribution in [0.15, 0.2) is 121 Å². The van der Waals surface area contributed by atoms with Crippen LogP contribution in [0.1, 0.15) is 33.4 Å². The van der Waals surface area contributed by atoms with Crippen LogP contribution in [0.5, 0.6) is 11.5 Å². The first-order chi connectivity index (χ1) is 21.8. The summed E-state index contributed by atoms with van der Waals surface area (Å²) >= 11 is 0. The third kappa shape index (κ3) is 4.13.